The molecule has 0 saturated carbocycles. The van der Waals surface area contributed by atoms with Crippen LogP contribution in [0.4, 0.5) is 0 Å². The number of benzene rings is 1. The van der Waals surface area contributed by atoms with Gasteiger partial charge in [0.05, 0.1) is 23.1 Å². The molecule has 7 nitrogen and oxygen atoms in total. The molecule has 0 unspecified atom stereocenters. The van der Waals surface area contributed by atoms with E-state index in [1.807, 2.05) is 6.07 Å². The number of fused-ring (bicyclic) bond motifs is 1. The fourth-order valence-electron chi connectivity index (χ4n) is 2.42. The number of hydrazone groups is 1. The van der Waals surface area contributed by atoms with Crippen molar-refractivity contribution in [2.45, 2.75) is 13.3 Å². The Labute approximate surface area is 128 Å². The topological polar surface area (TPSA) is 94.1 Å². The smallest absolute Gasteiger partial charge is 0.244 e. The lowest BCUT2D eigenvalue weighted by Crippen LogP contribution is -2.28. The van der Waals surface area contributed by atoms with Gasteiger partial charge < -0.3 is 9.47 Å². The highest BCUT2D eigenvalue weighted by molar-refractivity contribution is 7.91. The molecule has 1 aromatic carbocycles. The lowest BCUT2D eigenvalue weighted by Gasteiger charge is -2.07. The van der Waals surface area contributed by atoms with Gasteiger partial charge in [-0.25, -0.2) is 13.8 Å². The van der Waals surface area contributed by atoms with Crippen LogP contribution in [0.5, 0.6) is 11.5 Å². The molecule has 8 heteroatoms. The summed E-state index contributed by atoms with van der Waals surface area (Å²) in [5.74, 6) is 0.407. The molecule has 0 aromatic heterocycles. The standard InChI is InChI=1S/C14H16N2O5S/c1-9(10-2-3-12-13(6-10)21-8-20-12)15-16-14(17)11-4-5-22(18,19)7-11/h2-3,6,11H,4-5,7-8H2,1H3,(H,16,17)/b15-9-/t11-/m0/s1. The fraction of sp³-hybridized carbons (Fsp3) is 0.429. The first-order chi connectivity index (χ1) is 10.4. The summed E-state index contributed by atoms with van der Waals surface area (Å²) in [4.78, 5) is 11.9. The van der Waals surface area contributed by atoms with Crippen molar-refractivity contribution in [3.8, 4) is 11.5 Å². The zero-order chi connectivity index (χ0) is 15.7. The van der Waals surface area contributed by atoms with E-state index in [2.05, 4.69) is 10.5 Å². The Hall–Kier alpha value is -2.09. The average Bonchev–Trinajstić information content (AvgIpc) is 3.09. The molecule has 0 aliphatic carbocycles. The zero-order valence-corrected chi connectivity index (χ0v) is 12.9. The van der Waals surface area contributed by atoms with Crippen LogP contribution in [0, 0.1) is 5.92 Å². The molecule has 2 aliphatic heterocycles. The van der Waals surface area contributed by atoms with Crippen molar-refractivity contribution in [2.75, 3.05) is 18.3 Å². The van der Waals surface area contributed by atoms with Gasteiger partial charge in [0.1, 0.15) is 0 Å². The molecule has 118 valence electrons. The summed E-state index contributed by atoms with van der Waals surface area (Å²) in [5.41, 5.74) is 3.84. The molecule has 1 N–H and O–H groups in total. The monoisotopic (exact) mass is 324 g/mol. The van der Waals surface area contributed by atoms with Gasteiger partial charge in [0, 0.05) is 5.56 Å². The molecule has 3 rings (SSSR count). The zero-order valence-electron chi connectivity index (χ0n) is 12.0. The molecule has 2 heterocycles. The van der Waals surface area contributed by atoms with Crippen LogP contribution in [-0.4, -0.2) is 38.3 Å². The van der Waals surface area contributed by atoms with Crippen molar-refractivity contribution in [1.29, 1.82) is 0 Å². The highest BCUT2D eigenvalue weighted by Crippen LogP contribution is 2.32. The molecule has 22 heavy (non-hydrogen) atoms. The largest absolute Gasteiger partial charge is 0.454 e. The molecule has 1 fully saturated rings. The maximum absolute atomic E-state index is 11.9. The molecule has 1 atom stereocenters. The number of ether oxygens (including phenoxy) is 2. The maximum Gasteiger partial charge on any atom is 0.244 e. The van der Waals surface area contributed by atoms with Crippen molar-refractivity contribution >= 4 is 21.5 Å². The van der Waals surface area contributed by atoms with E-state index in [-0.39, 0.29) is 24.2 Å². The maximum atomic E-state index is 11.9. The minimum atomic E-state index is -3.08. The molecular formula is C14H16N2O5S. The number of hydrogen-bond acceptors (Lipinski definition) is 6. The van der Waals surface area contributed by atoms with Gasteiger partial charge in [0.2, 0.25) is 12.7 Å². The normalized spacial score (nSPS) is 22.6. The Balaban J connectivity index is 1.66. The third kappa shape index (κ3) is 3.06. The second-order valence-electron chi connectivity index (χ2n) is 5.34. The second kappa shape index (κ2) is 5.60. The highest BCUT2D eigenvalue weighted by atomic mass is 32.2. The van der Waals surface area contributed by atoms with Crippen LogP contribution >= 0.6 is 0 Å². The van der Waals surface area contributed by atoms with E-state index >= 15 is 0 Å². The van der Waals surface area contributed by atoms with E-state index in [4.69, 9.17) is 9.47 Å². The van der Waals surface area contributed by atoms with E-state index in [0.717, 1.165) is 5.56 Å². The van der Waals surface area contributed by atoms with Gasteiger partial charge in [-0.1, -0.05) is 0 Å². The Morgan fingerprint density at radius 3 is 2.82 bits per heavy atom. The molecule has 1 saturated heterocycles. The molecule has 0 bridgehead atoms. The first kappa shape index (κ1) is 14.8. The van der Waals surface area contributed by atoms with Gasteiger partial charge in [0.15, 0.2) is 21.3 Å². The van der Waals surface area contributed by atoms with E-state index in [1.54, 1.807) is 19.1 Å². The number of sulfone groups is 1. The van der Waals surface area contributed by atoms with Crippen molar-refractivity contribution in [3.05, 3.63) is 23.8 Å². The summed E-state index contributed by atoms with van der Waals surface area (Å²) >= 11 is 0. The number of rotatable bonds is 3. The first-order valence-corrected chi connectivity index (χ1v) is 8.71. The number of carbonyl (C=O) groups excluding carboxylic acids is 1. The van der Waals surface area contributed by atoms with Gasteiger partial charge in [-0.15, -0.1) is 0 Å². The Morgan fingerprint density at radius 2 is 2.09 bits per heavy atom. The van der Waals surface area contributed by atoms with Crippen LogP contribution in [0.15, 0.2) is 23.3 Å². The Bertz CT molecular complexity index is 742. The average molecular weight is 324 g/mol. The number of carbonyl (C=O) groups is 1. The van der Waals surface area contributed by atoms with Crippen molar-refractivity contribution in [3.63, 3.8) is 0 Å². The molecule has 0 spiro atoms. The van der Waals surface area contributed by atoms with Crippen LogP contribution in [-0.2, 0) is 14.6 Å². The number of hydrogen-bond donors (Lipinski definition) is 1. The Morgan fingerprint density at radius 1 is 1.32 bits per heavy atom. The van der Waals surface area contributed by atoms with Gasteiger partial charge >= 0.3 is 0 Å². The summed E-state index contributed by atoms with van der Waals surface area (Å²) < 4.78 is 33.3. The predicted molar refractivity (Wildman–Crippen MR) is 79.7 cm³/mol. The van der Waals surface area contributed by atoms with E-state index < -0.39 is 15.8 Å². The lowest BCUT2D eigenvalue weighted by molar-refractivity contribution is -0.124. The van der Waals surface area contributed by atoms with E-state index in [0.29, 0.717) is 23.6 Å². The van der Waals surface area contributed by atoms with Crippen LogP contribution in [0.2, 0.25) is 0 Å². The molecule has 1 amide bonds. The molecule has 2 aliphatic rings. The number of amides is 1. The molecule has 1 aromatic rings. The third-order valence-corrected chi connectivity index (χ3v) is 5.50. The number of nitrogens with one attached hydrogen (secondary N) is 1. The quantitative estimate of drug-likeness (QED) is 0.652. The minimum absolute atomic E-state index is 0.0654. The predicted octanol–water partition coefficient (Wildman–Crippen LogP) is 0.690. The summed E-state index contributed by atoms with van der Waals surface area (Å²) in [6.07, 6.45) is 0.354. The van der Waals surface area contributed by atoms with Crippen molar-refractivity contribution < 1.29 is 22.7 Å². The second-order valence-corrected chi connectivity index (χ2v) is 7.57. The van der Waals surface area contributed by atoms with Gasteiger partial charge in [-0.05, 0) is 31.5 Å². The van der Waals surface area contributed by atoms with Gasteiger partial charge in [-0.3, -0.25) is 4.79 Å². The van der Waals surface area contributed by atoms with Crippen LogP contribution in [0.3, 0.4) is 0 Å². The summed E-state index contributed by atoms with van der Waals surface area (Å²) in [7, 11) is -3.08. The van der Waals surface area contributed by atoms with Crippen LogP contribution in [0.25, 0.3) is 0 Å². The molecule has 0 radical (unpaired) electrons. The Kier molecular flexibility index (Phi) is 3.78. The van der Waals surface area contributed by atoms with Gasteiger partial charge in [0.25, 0.3) is 0 Å². The van der Waals surface area contributed by atoms with Crippen molar-refractivity contribution in [1.82, 2.24) is 5.43 Å². The summed E-state index contributed by atoms with van der Waals surface area (Å²) in [6.45, 7) is 1.95. The van der Waals surface area contributed by atoms with E-state index in [9.17, 15) is 13.2 Å². The van der Waals surface area contributed by atoms with Crippen molar-refractivity contribution in [2.24, 2.45) is 11.0 Å². The summed E-state index contributed by atoms with van der Waals surface area (Å²) in [5, 5.41) is 4.04. The van der Waals surface area contributed by atoms with E-state index in [1.165, 1.54) is 0 Å². The minimum Gasteiger partial charge on any atom is -0.454 e. The highest BCUT2D eigenvalue weighted by Gasteiger charge is 2.32. The SMILES string of the molecule is C/C(=N/NC(=O)[C@H]1CCS(=O)(=O)C1)c1ccc2c(c1)OCO2. The van der Waals surface area contributed by atoms with Crippen LogP contribution in [0.1, 0.15) is 18.9 Å². The molecular weight excluding hydrogens is 308 g/mol. The lowest BCUT2D eigenvalue weighted by atomic mass is 10.1. The first-order valence-electron chi connectivity index (χ1n) is 6.89. The summed E-state index contributed by atoms with van der Waals surface area (Å²) in [6, 6.07) is 5.38. The fourth-order valence-corrected chi connectivity index (χ4v) is 4.16. The van der Waals surface area contributed by atoms with Gasteiger partial charge in [-0.2, -0.15) is 5.10 Å². The van der Waals surface area contributed by atoms with Crippen LogP contribution < -0.4 is 14.9 Å². The third-order valence-electron chi connectivity index (χ3n) is 3.73. The number of nitrogens with zero attached hydrogens (tertiary/aromatic N) is 1.